The highest BCUT2D eigenvalue weighted by Gasteiger charge is 2.12. The Labute approximate surface area is 128 Å². The van der Waals surface area contributed by atoms with E-state index in [9.17, 15) is 5.11 Å². The number of thiophene rings is 2. The first kappa shape index (κ1) is 15.7. The molecular formula is C15H21NO2S2. The van der Waals surface area contributed by atoms with E-state index in [1.807, 2.05) is 17.5 Å². The van der Waals surface area contributed by atoms with Gasteiger partial charge in [0.25, 0.3) is 0 Å². The summed E-state index contributed by atoms with van der Waals surface area (Å²) in [5, 5.41) is 17.5. The number of hydrogen-bond acceptors (Lipinski definition) is 5. The van der Waals surface area contributed by atoms with Crippen molar-refractivity contribution in [1.82, 2.24) is 5.32 Å². The van der Waals surface area contributed by atoms with Crippen molar-refractivity contribution in [3.8, 4) is 0 Å². The number of aliphatic hydroxyl groups is 1. The summed E-state index contributed by atoms with van der Waals surface area (Å²) in [6.45, 7) is 3.65. The van der Waals surface area contributed by atoms with Crippen LogP contribution in [0.4, 0.5) is 0 Å². The molecule has 0 bridgehead atoms. The second kappa shape index (κ2) is 8.54. The van der Waals surface area contributed by atoms with Gasteiger partial charge in [0.2, 0.25) is 0 Å². The van der Waals surface area contributed by atoms with Crippen molar-refractivity contribution in [3.05, 3.63) is 44.8 Å². The van der Waals surface area contributed by atoms with E-state index in [-0.39, 0.29) is 0 Å². The lowest BCUT2D eigenvalue weighted by Crippen LogP contribution is -2.32. The first-order chi connectivity index (χ1) is 9.79. The largest absolute Gasteiger partial charge is 0.389 e. The maximum absolute atomic E-state index is 9.94. The molecular weight excluding hydrogens is 290 g/mol. The lowest BCUT2D eigenvalue weighted by Gasteiger charge is -2.18. The van der Waals surface area contributed by atoms with Crippen molar-refractivity contribution in [2.75, 3.05) is 13.2 Å². The van der Waals surface area contributed by atoms with Crippen molar-refractivity contribution in [1.29, 1.82) is 0 Å². The average Bonchev–Trinajstić information content (AvgIpc) is 3.12. The highest BCUT2D eigenvalue weighted by Crippen LogP contribution is 2.21. The third kappa shape index (κ3) is 5.00. The van der Waals surface area contributed by atoms with Gasteiger partial charge in [-0.05, 0) is 29.3 Å². The zero-order chi connectivity index (χ0) is 14.2. The van der Waals surface area contributed by atoms with Gasteiger partial charge >= 0.3 is 0 Å². The predicted octanol–water partition coefficient (Wildman–Crippen LogP) is 3.43. The minimum atomic E-state index is -0.469. The lowest BCUT2D eigenvalue weighted by atomic mass is 10.2. The maximum Gasteiger partial charge on any atom is 0.0898 e. The van der Waals surface area contributed by atoms with Crippen LogP contribution in [0.2, 0.25) is 0 Å². The average molecular weight is 311 g/mol. The third-order valence-electron chi connectivity index (χ3n) is 3.03. The first-order valence-corrected chi connectivity index (χ1v) is 8.60. The van der Waals surface area contributed by atoms with Crippen LogP contribution in [0.3, 0.4) is 0 Å². The Balaban J connectivity index is 1.65. The molecule has 0 radical (unpaired) electrons. The first-order valence-electron chi connectivity index (χ1n) is 6.84. The van der Waals surface area contributed by atoms with Crippen molar-refractivity contribution in [2.45, 2.75) is 32.1 Å². The minimum Gasteiger partial charge on any atom is -0.389 e. The number of aliphatic hydroxyl groups excluding tert-OH is 1. The van der Waals surface area contributed by atoms with Crippen LogP contribution in [0.15, 0.2) is 35.0 Å². The van der Waals surface area contributed by atoms with Gasteiger partial charge in [-0.1, -0.05) is 19.1 Å². The fourth-order valence-electron chi connectivity index (χ4n) is 1.96. The van der Waals surface area contributed by atoms with Crippen LogP contribution in [0.25, 0.3) is 0 Å². The second-order valence-corrected chi connectivity index (χ2v) is 6.64. The molecule has 110 valence electrons. The molecule has 0 aliphatic carbocycles. The molecule has 0 aliphatic rings. The fourth-order valence-corrected chi connectivity index (χ4v) is 3.49. The van der Waals surface area contributed by atoms with E-state index in [1.54, 1.807) is 22.7 Å². The van der Waals surface area contributed by atoms with Crippen molar-refractivity contribution < 1.29 is 9.84 Å². The van der Waals surface area contributed by atoms with Gasteiger partial charge in [0.05, 0.1) is 19.3 Å². The second-order valence-electron chi connectivity index (χ2n) is 4.63. The third-order valence-corrected chi connectivity index (χ3v) is 4.87. The van der Waals surface area contributed by atoms with Crippen molar-refractivity contribution in [2.24, 2.45) is 0 Å². The Morgan fingerprint density at radius 2 is 2.05 bits per heavy atom. The summed E-state index contributed by atoms with van der Waals surface area (Å²) in [4.78, 5) is 2.51. The van der Waals surface area contributed by atoms with Gasteiger partial charge < -0.3 is 15.2 Å². The Hall–Kier alpha value is -0.720. The quantitative estimate of drug-likeness (QED) is 0.745. The normalized spacial score (nSPS) is 14.3. The number of ether oxygens (including phenoxy) is 1. The van der Waals surface area contributed by atoms with Crippen LogP contribution in [0.5, 0.6) is 0 Å². The van der Waals surface area contributed by atoms with Crippen LogP contribution >= 0.6 is 22.7 Å². The smallest absolute Gasteiger partial charge is 0.0898 e. The molecule has 0 saturated carbocycles. The Bertz CT molecular complexity index is 456. The Morgan fingerprint density at radius 3 is 2.70 bits per heavy atom. The van der Waals surface area contributed by atoms with Gasteiger partial charge in [-0.15, -0.1) is 22.7 Å². The summed E-state index contributed by atoms with van der Waals surface area (Å²) in [6.07, 6.45) is 0.549. The summed E-state index contributed by atoms with van der Waals surface area (Å²) in [6, 6.07) is 8.56. The zero-order valence-corrected chi connectivity index (χ0v) is 13.3. The summed E-state index contributed by atoms with van der Waals surface area (Å²) in [5.41, 5.74) is 0. The van der Waals surface area contributed by atoms with Crippen LogP contribution < -0.4 is 5.32 Å². The zero-order valence-electron chi connectivity index (χ0n) is 11.6. The maximum atomic E-state index is 9.94. The molecule has 2 aromatic rings. The van der Waals surface area contributed by atoms with E-state index in [0.29, 0.717) is 25.8 Å². The molecule has 0 fully saturated rings. The summed E-state index contributed by atoms with van der Waals surface area (Å²) in [7, 11) is 0. The SMILES string of the molecule is CCC(NCC(O)COCc1cccs1)c1cccs1. The molecule has 2 N–H and O–H groups in total. The van der Waals surface area contributed by atoms with E-state index >= 15 is 0 Å². The molecule has 2 aromatic heterocycles. The van der Waals surface area contributed by atoms with Crippen LogP contribution in [-0.4, -0.2) is 24.4 Å². The Morgan fingerprint density at radius 1 is 1.25 bits per heavy atom. The monoisotopic (exact) mass is 311 g/mol. The minimum absolute atomic E-state index is 0.321. The van der Waals surface area contributed by atoms with Crippen LogP contribution in [-0.2, 0) is 11.3 Å². The summed E-state index contributed by atoms with van der Waals surface area (Å²) >= 11 is 3.42. The van der Waals surface area contributed by atoms with Crippen molar-refractivity contribution >= 4 is 22.7 Å². The van der Waals surface area contributed by atoms with E-state index in [2.05, 4.69) is 29.8 Å². The summed E-state index contributed by atoms with van der Waals surface area (Å²) < 4.78 is 5.52. The molecule has 2 heterocycles. The Kier molecular flexibility index (Phi) is 6.69. The van der Waals surface area contributed by atoms with E-state index in [1.165, 1.54) is 9.75 Å². The summed E-state index contributed by atoms with van der Waals surface area (Å²) in [5.74, 6) is 0. The van der Waals surface area contributed by atoms with Gasteiger partial charge in [-0.25, -0.2) is 0 Å². The van der Waals surface area contributed by atoms with Crippen LogP contribution in [0.1, 0.15) is 29.1 Å². The number of rotatable bonds is 9. The van der Waals surface area contributed by atoms with Crippen LogP contribution in [0, 0.1) is 0 Å². The molecule has 2 atom stereocenters. The molecule has 0 saturated heterocycles. The highest BCUT2D eigenvalue weighted by atomic mass is 32.1. The van der Waals surface area contributed by atoms with Gasteiger partial charge in [0, 0.05) is 22.3 Å². The van der Waals surface area contributed by atoms with Gasteiger partial charge in [-0.2, -0.15) is 0 Å². The molecule has 0 aromatic carbocycles. The molecule has 20 heavy (non-hydrogen) atoms. The van der Waals surface area contributed by atoms with Gasteiger partial charge in [0.1, 0.15) is 0 Å². The van der Waals surface area contributed by atoms with E-state index < -0.39 is 6.10 Å². The molecule has 2 rings (SSSR count). The highest BCUT2D eigenvalue weighted by molar-refractivity contribution is 7.10. The molecule has 0 spiro atoms. The van der Waals surface area contributed by atoms with Crippen molar-refractivity contribution in [3.63, 3.8) is 0 Å². The molecule has 5 heteroatoms. The molecule has 3 nitrogen and oxygen atoms in total. The predicted molar refractivity (Wildman–Crippen MR) is 85.3 cm³/mol. The topological polar surface area (TPSA) is 41.5 Å². The van der Waals surface area contributed by atoms with E-state index in [4.69, 9.17) is 4.74 Å². The fraction of sp³-hybridized carbons (Fsp3) is 0.467. The van der Waals surface area contributed by atoms with E-state index in [0.717, 1.165) is 6.42 Å². The number of hydrogen-bond donors (Lipinski definition) is 2. The van der Waals surface area contributed by atoms with Gasteiger partial charge in [-0.3, -0.25) is 0 Å². The molecule has 2 unspecified atom stereocenters. The molecule has 0 aliphatic heterocycles. The number of nitrogens with one attached hydrogen (secondary N) is 1. The lowest BCUT2D eigenvalue weighted by molar-refractivity contribution is 0.0285. The molecule has 0 amide bonds. The van der Waals surface area contributed by atoms with Gasteiger partial charge in [0.15, 0.2) is 0 Å². The standard InChI is InChI=1S/C15H21NO2S2/c1-2-14(15-6-4-8-20-15)16-9-12(17)10-18-11-13-5-3-7-19-13/h3-8,12,14,16-17H,2,9-11H2,1H3.